The van der Waals surface area contributed by atoms with Gasteiger partial charge in [-0.15, -0.1) is 0 Å². The molecule has 5 nitrogen and oxygen atoms in total. The van der Waals surface area contributed by atoms with Crippen molar-refractivity contribution in [3.63, 3.8) is 0 Å². The van der Waals surface area contributed by atoms with Crippen molar-refractivity contribution in [1.82, 2.24) is 5.32 Å². The highest BCUT2D eigenvalue weighted by Crippen LogP contribution is 1.94. The predicted molar refractivity (Wildman–Crippen MR) is 53.8 cm³/mol. The second-order valence-electron chi connectivity index (χ2n) is 3.34. The van der Waals surface area contributed by atoms with E-state index in [4.69, 9.17) is 15.6 Å². The number of ether oxygens (including phenoxy) is 1. The fourth-order valence-electron chi connectivity index (χ4n) is 0.958. The van der Waals surface area contributed by atoms with E-state index in [2.05, 4.69) is 5.32 Å². The van der Waals surface area contributed by atoms with Crippen LogP contribution < -0.4 is 11.1 Å². The minimum atomic E-state index is -0.537. The van der Waals surface area contributed by atoms with Gasteiger partial charge in [-0.2, -0.15) is 0 Å². The molecule has 0 aromatic carbocycles. The van der Waals surface area contributed by atoms with Crippen LogP contribution in [0.15, 0.2) is 0 Å². The van der Waals surface area contributed by atoms with Crippen molar-refractivity contribution in [3.05, 3.63) is 0 Å². The molecule has 0 spiro atoms. The van der Waals surface area contributed by atoms with Crippen molar-refractivity contribution < 1.29 is 14.6 Å². The first-order valence-corrected chi connectivity index (χ1v) is 4.78. The average Bonchev–Trinajstić information content (AvgIpc) is 2.14. The van der Waals surface area contributed by atoms with E-state index < -0.39 is 12.1 Å². The number of aliphatic hydroxyl groups is 1. The second-order valence-corrected chi connectivity index (χ2v) is 3.34. The number of hydrogen-bond acceptors (Lipinski definition) is 4. The van der Waals surface area contributed by atoms with Crippen LogP contribution in [-0.2, 0) is 9.53 Å². The molecule has 5 heteroatoms. The number of hydrogen-bond donors (Lipinski definition) is 3. The van der Waals surface area contributed by atoms with Crippen molar-refractivity contribution in [3.8, 4) is 0 Å². The third-order valence-electron chi connectivity index (χ3n) is 1.77. The van der Waals surface area contributed by atoms with Gasteiger partial charge in [0.05, 0.1) is 12.1 Å². The topological polar surface area (TPSA) is 84.6 Å². The molecule has 4 N–H and O–H groups in total. The summed E-state index contributed by atoms with van der Waals surface area (Å²) in [6.45, 7) is 2.46. The highest BCUT2D eigenvalue weighted by atomic mass is 16.5. The van der Waals surface area contributed by atoms with Gasteiger partial charge in [0.1, 0.15) is 0 Å². The molecular weight excluding hydrogens is 184 g/mol. The Bertz CT molecular complexity index is 162. The number of aliphatic hydroxyl groups excluding tert-OH is 1. The number of amides is 1. The summed E-state index contributed by atoms with van der Waals surface area (Å²) in [5.74, 6) is -0.220. The maximum Gasteiger partial charge on any atom is 0.237 e. The number of carbonyl (C=O) groups is 1. The predicted octanol–water partition coefficient (Wildman–Crippen LogP) is -0.763. The Morgan fingerprint density at radius 3 is 2.79 bits per heavy atom. The smallest absolute Gasteiger partial charge is 0.237 e. The summed E-state index contributed by atoms with van der Waals surface area (Å²) >= 11 is 0. The van der Waals surface area contributed by atoms with Crippen molar-refractivity contribution in [1.29, 1.82) is 0 Å². The maximum atomic E-state index is 11.3. The van der Waals surface area contributed by atoms with Gasteiger partial charge in [0.2, 0.25) is 5.91 Å². The van der Waals surface area contributed by atoms with E-state index in [1.54, 1.807) is 14.0 Å². The van der Waals surface area contributed by atoms with Crippen molar-refractivity contribution >= 4 is 5.91 Å². The summed E-state index contributed by atoms with van der Waals surface area (Å²) in [5, 5.41) is 11.5. The molecule has 2 atom stereocenters. The van der Waals surface area contributed by atoms with Gasteiger partial charge in [0, 0.05) is 20.3 Å². The van der Waals surface area contributed by atoms with Gasteiger partial charge in [-0.05, 0) is 19.8 Å². The Morgan fingerprint density at radius 1 is 1.64 bits per heavy atom. The summed E-state index contributed by atoms with van der Waals surface area (Å²) in [6, 6.07) is -0.510. The lowest BCUT2D eigenvalue weighted by Gasteiger charge is -2.12. The minimum Gasteiger partial charge on any atom is -0.392 e. The lowest BCUT2D eigenvalue weighted by atomic mass is 10.1. The molecule has 0 saturated carbocycles. The standard InChI is InChI=1S/C9H20N2O3/c1-7(12)6-11-9(13)8(10)4-3-5-14-2/h7-8,12H,3-6,10H2,1-2H3,(H,11,13)/t7-,8?/m1/s1. The molecule has 0 aliphatic rings. The summed E-state index contributed by atoms with van der Waals surface area (Å²) in [7, 11) is 1.61. The molecule has 0 aromatic rings. The molecule has 0 fully saturated rings. The van der Waals surface area contributed by atoms with Gasteiger partial charge in [0.15, 0.2) is 0 Å². The molecule has 0 rings (SSSR count). The van der Waals surface area contributed by atoms with E-state index in [0.717, 1.165) is 6.42 Å². The molecule has 0 bridgehead atoms. The van der Waals surface area contributed by atoms with E-state index in [9.17, 15) is 4.79 Å². The van der Waals surface area contributed by atoms with E-state index in [1.807, 2.05) is 0 Å². The van der Waals surface area contributed by atoms with Crippen LogP contribution in [0.1, 0.15) is 19.8 Å². The monoisotopic (exact) mass is 204 g/mol. The van der Waals surface area contributed by atoms with Crippen LogP contribution >= 0.6 is 0 Å². The van der Waals surface area contributed by atoms with Gasteiger partial charge in [-0.25, -0.2) is 0 Å². The Labute approximate surface area is 84.6 Å². The van der Waals surface area contributed by atoms with Crippen LogP contribution in [-0.4, -0.2) is 43.4 Å². The summed E-state index contributed by atoms with van der Waals surface area (Å²) in [5.41, 5.74) is 5.59. The zero-order valence-electron chi connectivity index (χ0n) is 8.82. The lowest BCUT2D eigenvalue weighted by molar-refractivity contribution is -0.123. The highest BCUT2D eigenvalue weighted by molar-refractivity contribution is 5.81. The number of nitrogens with one attached hydrogen (secondary N) is 1. The molecular formula is C9H20N2O3. The Balaban J connectivity index is 3.54. The zero-order valence-corrected chi connectivity index (χ0v) is 8.82. The molecule has 1 amide bonds. The van der Waals surface area contributed by atoms with E-state index in [1.165, 1.54) is 0 Å². The molecule has 0 radical (unpaired) electrons. The van der Waals surface area contributed by atoms with E-state index in [0.29, 0.717) is 13.0 Å². The van der Waals surface area contributed by atoms with Crippen molar-refractivity contribution in [2.24, 2.45) is 5.73 Å². The molecule has 0 heterocycles. The largest absolute Gasteiger partial charge is 0.392 e. The first-order valence-electron chi connectivity index (χ1n) is 4.78. The van der Waals surface area contributed by atoms with Crippen LogP contribution in [0.5, 0.6) is 0 Å². The first kappa shape index (κ1) is 13.4. The normalized spacial score (nSPS) is 14.9. The van der Waals surface area contributed by atoms with Gasteiger partial charge >= 0.3 is 0 Å². The number of carbonyl (C=O) groups excluding carboxylic acids is 1. The highest BCUT2D eigenvalue weighted by Gasteiger charge is 2.12. The van der Waals surface area contributed by atoms with Crippen molar-refractivity contribution in [2.75, 3.05) is 20.3 Å². The quantitative estimate of drug-likeness (QED) is 0.476. The van der Waals surface area contributed by atoms with Gasteiger partial charge in [0.25, 0.3) is 0 Å². The molecule has 0 saturated heterocycles. The number of methoxy groups -OCH3 is 1. The van der Waals surface area contributed by atoms with Crippen LogP contribution in [0.2, 0.25) is 0 Å². The van der Waals surface area contributed by atoms with Gasteiger partial charge in [-0.3, -0.25) is 4.79 Å². The SMILES string of the molecule is COCCCC(N)C(=O)NC[C@@H](C)O. The summed E-state index contributed by atoms with van der Waals surface area (Å²) < 4.78 is 4.84. The van der Waals surface area contributed by atoms with Crippen LogP contribution in [0, 0.1) is 0 Å². The first-order chi connectivity index (χ1) is 6.57. The Hall–Kier alpha value is -0.650. The van der Waals surface area contributed by atoms with Crippen molar-refractivity contribution in [2.45, 2.75) is 31.9 Å². The fraction of sp³-hybridized carbons (Fsp3) is 0.889. The third kappa shape index (κ3) is 6.82. The molecule has 0 aromatic heterocycles. The van der Waals surface area contributed by atoms with E-state index >= 15 is 0 Å². The molecule has 0 aliphatic carbocycles. The number of rotatable bonds is 7. The van der Waals surface area contributed by atoms with Gasteiger partial charge in [-0.1, -0.05) is 0 Å². The second kappa shape index (κ2) is 7.73. The van der Waals surface area contributed by atoms with Gasteiger partial charge < -0.3 is 20.9 Å². The lowest BCUT2D eigenvalue weighted by Crippen LogP contribution is -2.43. The molecule has 84 valence electrons. The summed E-state index contributed by atoms with van der Waals surface area (Å²) in [6.07, 6.45) is 0.823. The Kier molecular flexibility index (Phi) is 7.37. The fourth-order valence-corrected chi connectivity index (χ4v) is 0.958. The van der Waals surface area contributed by atoms with Crippen LogP contribution in [0.25, 0.3) is 0 Å². The Morgan fingerprint density at radius 2 is 2.29 bits per heavy atom. The summed E-state index contributed by atoms with van der Waals surface area (Å²) in [4.78, 5) is 11.3. The average molecular weight is 204 g/mol. The van der Waals surface area contributed by atoms with Crippen LogP contribution in [0.4, 0.5) is 0 Å². The molecule has 0 aliphatic heterocycles. The van der Waals surface area contributed by atoms with Crippen LogP contribution in [0.3, 0.4) is 0 Å². The zero-order chi connectivity index (χ0) is 11.0. The number of nitrogens with two attached hydrogens (primary N) is 1. The van der Waals surface area contributed by atoms with E-state index in [-0.39, 0.29) is 12.5 Å². The maximum absolute atomic E-state index is 11.3. The minimum absolute atomic E-state index is 0.220. The third-order valence-corrected chi connectivity index (χ3v) is 1.77. The molecule has 14 heavy (non-hydrogen) atoms. The molecule has 1 unspecified atom stereocenters.